The second-order valence-corrected chi connectivity index (χ2v) is 8.58. The van der Waals surface area contributed by atoms with Crippen molar-refractivity contribution in [2.24, 2.45) is 0 Å². The van der Waals surface area contributed by atoms with Crippen molar-refractivity contribution < 1.29 is 18.0 Å². The lowest BCUT2D eigenvalue weighted by Crippen LogP contribution is -2.15. The molecule has 4 nitrogen and oxygen atoms in total. The summed E-state index contributed by atoms with van der Waals surface area (Å²) in [5, 5.41) is 5.97. The molecule has 1 heterocycles. The summed E-state index contributed by atoms with van der Waals surface area (Å²) in [6, 6.07) is 15.2. The predicted octanol–water partition coefficient (Wildman–Crippen LogP) is 7.34. The summed E-state index contributed by atoms with van der Waals surface area (Å²) in [7, 11) is 0. The Kier molecular flexibility index (Phi) is 6.61. The van der Waals surface area contributed by atoms with Gasteiger partial charge in [-0.05, 0) is 61.7 Å². The molecule has 0 radical (unpaired) electrons. The van der Waals surface area contributed by atoms with Gasteiger partial charge < -0.3 is 10.6 Å². The number of aryl methyl sites for hydroxylation is 1. The quantitative estimate of drug-likeness (QED) is 0.381. The molecule has 0 bridgehead atoms. The first-order valence-corrected chi connectivity index (χ1v) is 11.1. The predicted molar refractivity (Wildman–Crippen MR) is 125 cm³/mol. The van der Waals surface area contributed by atoms with Gasteiger partial charge in [0, 0.05) is 23.0 Å². The maximum absolute atomic E-state index is 13.1. The highest BCUT2D eigenvalue weighted by molar-refractivity contribution is 6.33. The molecule has 8 heteroatoms. The number of hydrogen-bond donors (Lipinski definition) is 2. The van der Waals surface area contributed by atoms with Crippen molar-refractivity contribution in [1.29, 1.82) is 0 Å². The minimum atomic E-state index is -4.51. The smallest absolute Gasteiger partial charge is 0.382 e. The Bertz CT molecular complexity index is 1160. The number of halogens is 4. The zero-order valence-corrected chi connectivity index (χ0v) is 18.7. The lowest BCUT2D eigenvalue weighted by molar-refractivity contribution is -0.138. The number of amides is 1. The molecule has 1 aromatic heterocycles. The van der Waals surface area contributed by atoms with Gasteiger partial charge in [-0.3, -0.25) is 4.79 Å². The fourth-order valence-corrected chi connectivity index (χ4v) is 4.25. The van der Waals surface area contributed by atoms with E-state index in [0.29, 0.717) is 11.7 Å². The number of alkyl halides is 3. The highest BCUT2D eigenvalue weighted by Crippen LogP contribution is 2.34. The van der Waals surface area contributed by atoms with E-state index in [0.717, 1.165) is 17.3 Å². The standard InChI is InChI=1S/C25H23ClF3N3O/c1-15-6-9-19(14-21(15)25(27,28)29)31-24(33)20-12-13-22(32-23(20)26)16-7-10-18(11-8-16)30-17-4-2-3-5-17/h6-14,17,30H,2-5H2,1H3,(H,31,33). The summed E-state index contributed by atoms with van der Waals surface area (Å²) < 4.78 is 39.4. The van der Waals surface area contributed by atoms with Crippen LogP contribution in [0.5, 0.6) is 0 Å². The third-order valence-corrected chi connectivity index (χ3v) is 6.09. The van der Waals surface area contributed by atoms with Gasteiger partial charge in [0.05, 0.1) is 16.8 Å². The molecular formula is C25H23ClF3N3O. The van der Waals surface area contributed by atoms with Gasteiger partial charge in [0.1, 0.15) is 5.15 Å². The van der Waals surface area contributed by atoms with E-state index in [-0.39, 0.29) is 22.0 Å². The zero-order chi connectivity index (χ0) is 23.6. The van der Waals surface area contributed by atoms with Crippen LogP contribution >= 0.6 is 11.6 Å². The molecule has 1 fully saturated rings. The first-order valence-electron chi connectivity index (χ1n) is 10.7. The Morgan fingerprint density at radius 1 is 1.00 bits per heavy atom. The van der Waals surface area contributed by atoms with E-state index in [4.69, 9.17) is 11.6 Å². The van der Waals surface area contributed by atoms with Crippen molar-refractivity contribution in [2.75, 3.05) is 10.6 Å². The maximum Gasteiger partial charge on any atom is 0.416 e. The van der Waals surface area contributed by atoms with Gasteiger partial charge in [0.15, 0.2) is 0 Å². The summed E-state index contributed by atoms with van der Waals surface area (Å²) in [5.41, 5.74) is 1.87. The first kappa shape index (κ1) is 23.1. The Morgan fingerprint density at radius 3 is 2.30 bits per heavy atom. The summed E-state index contributed by atoms with van der Waals surface area (Å²) in [6.07, 6.45) is 0.371. The fourth-order valence-electron chi connectivity index (χ4n) is 4.01. The Balaban J connectivity index is 1.48. The number of anilines is 2. The molecule has 2 aromatic carbocycles. The number of carbonyl (C=O) groups excluding carboxylic acids is 1. The molecular weight excluding hydrogens is 451 g/mol. The lowest BCUT2D eigenvalue weighted by Gasteiger charge is -2.14. The van der Waals surface area contributed by atoms with E-state index < -0.39 is 17.6 Å². The van der Waals surface area contributed by atoms with Gasteiger partial charge in [-0.2, -0.15) is 13.2 Å². The number of nitrogens with zero attached hydrogens (tertiary/aromatic N) is 1. The molecule has 4 rings (SSSR count). The number of nitrogens with one attached hydrogen (secondary N) is 2. The van der Waals surface area contributed by atoms with Crippen LogP contribution in [0.15, 0.2) is 54.6 Å². The monoisotopic (exact) mass is 473 g/mol. The topological polar surface area (TPSA) is 54.0 Å². The summed E-state index contributed by atoms with van der Waals surface area (Å²) in [6.45, 7) is 1.37. The molecule has 0 spiro atoms. The van der Waals surface area contributed by atoms with E-state index in [9.17, 15) is 18.0 Å². The molecule has 3 aromatic rings. The lowest BCUT2D eigenvalue weighted by atomic mass is 10.1. The largest absolute Gasteiger partial charge is 0.416 e. The summed E-state index contributed by atoms with van der Waals surface area (Å²) in [5.74, 6) is -0.632. The van der Waals surface area contributed by atoms with Crippen LogP contribution in [0.3, 0.4) is 0 Å². The zero-order valence-electron chi connectivity index (χ0n) is 18.0. The molecule has 1 aliphatic carbocycles. The van der Waals surface area contributed by atoms with Crippen LogP contribution < -0.4 is 10.6 Å². The number of benzene rings is 2. The van der Waals surface area contributed by atoms with Gasteiger partial charge in [-0.15, -0.1) is 0 Å². The van der Waals surface area contributed by atoms with Crippen LogP contribution in [0, 0.1) is 6.92 Å². The summed E-state index contributed by atoms with van der Waals surface area (Å²) >= 11 is 6.25. The van der Waals surface area contributed by atoms with E-state index in [1.54, 1.807) is 6.07 Å². The van der Waals surface area contributed by atoms with Gasteiger partial charge in [-0.1, -0.05) is 42.6 Å². The van der Waals surface area contributed by atoms with Gasteiger partial charge in [0.25, 0.3) is 5.91 Å². The number of aromatic nitrogens is 1. The van der Waals surface area contributed by atoms with Crippen LogP contribution in [0.4, 0.5) is 24.5 Å². The number of hydrogen-bond acceptors (Lipinski definition) is 3. The molecule has 1 saturated carbocycles. The Labute approximate surface area is 195 Å². The second kappa shape index (κ2) is 9.43. The Morgan fingerprint density at radius 2 is 1.67 bits per heavy atom. The average Bonchev–Trinajstić information content (AvgIpc) is 3.28. The molecule has 0 aliphatic heterocycles. The minimum Gasteiger partial charge on any atom is -0.382 e. The van der Waals surface area contributed by atoms with E-state index in [1.165, 1.54) is 50.8 Å². The van der Waals surface area contributed by atoms with Gasteiger partial charge in [-0.25, -0.2) is 4.98 Å². The van der Waals surface area contributed by atoms with Crippen molar-refractivity contribution in [3.8, 4) is 11.3 Å². The number of rotatable bonds is 5. The van der Waals surface area contributed by atoms with Crippen LogP contribution in [-0.4, -0.2) is 16.9 Å². The van der Waals surface area contributed by atoms with Crippen LogP contribution in [-0.2, 0) is 6.18 Å². The van der Waals surface area contributed by atoms with Crippen molar-refractivity contribution in [3.05, 3.63) is 76.4 Å². The van der Waals surface area contributed by atoms with Crippen LogP contribution in [0.2, 0.25) is 5.15 Å². The Hall–Kier alpha value is -3.06. The van der Waals surface area contributed by atoms with Gasteiger partial charge >= 0.3 is 6.18 Å². The highest BCUT2D eigenvalue weighted by atomic mass is 35.5. The maximum atomic E-state index is 13.1. The second-order valence-electron chi connectivity index (χ2n) is 8.22. The number of carbonyl (C=O) groups is 1. The van der Waals surface area contributed by atoms with Crippen molar-refractivity contribution >= 4 is 28.9 Å². The minimum absolute atomic E-state index is 0.0266. The van der Waals surface area contributed by atoms with E-state index in [1.807, 2.05) is 24.3 Å². The molecule has 1 amide bonds. The average molecular weight is 474 g/mol. The van der Waals surface area contributed by atoms with Gasteiger partial charge in [0.2, 0.25) is 0 Å². The number of pyridine rings is 1. The molecule has 0 unspecified atom stereocenters. The first-order chi connectivity index (χ1) is 15.7. The highest BCUT2D eigenvalue weighted by Gasteiger charge is 2.32. The van der Waals surface area contributed by atoms with E-state index in [2.05, 4.69) is 15.6 Å². The van der Waals surface area contributed by atoms with Crippen molar-refractivity contribution in [3.63, 3.8) is 0 Å². The summed E-state index contributed by atoms with van der Waals surface area (Å²) in [4.78, 5) is 16.9. The van der Waals surface area contributed by atoms with Crippen molar-refractivity contribution in [2.45, 2.75) is 44.8 Å². The third kappa shape index (κ3) is 5.47. The molecule has 1 aliphatic rings. The van der Waals surface area contributed by atoms with Crippen LogP contribution in [0.25, 0.3) is 11.3 Å². The van der Waals surface area contributed by atoms with Crippen LogP contribution in [0.1, 0.15) is 47.2 Å². The van der Waals surface area contributed by atoms with Crippen molar-refractivity contribution in [1.82, 2.24) is 4.98 Å². The van der Waals surface area contributed by atoms with E-state index >= 15 is 0 Å². The molecule has 172 valence electrons. The third-order valence-electron chi connectivity index (χ3n) is 5.80. The molecule has 33 heavy (non-hydrogen) atoms. The molecule has 0 atom stereocenters. The molecule has 2 N–H and O–H groups in total. The normalized spacial score (nSPS) is 14.3. The SMILES string of the molecule is Cc1ccc(NC(=O)c2ccc(-c3ccc(NC4CCCC4)cc3)nc2Cl)cc1C(F)(F)F. The fraction of sp³-hybridized carbons (Fsp3) is 0.280. The molecule has 0 saturated heterocycles.